The zero-order valence-electron chi connectivity index (χ0n) is 12.2. The number of hydrogen-bond donors (Lipinski definition) is 1. The van der Waals surface area contributed by atoms with Gasteiger partial charge in [0.15, 0.2) is 0 Å². The summed E-state index contributed by atoms with van der Waals surface area (Å²) in [7, 11) is 1.51. The molecule has 2 aromatic carbocycles. The first-order chi connectivity index (χ1) is 11.1. The standard InChI is InChI=1S/C16H13N3O4/c1-23-11-6-7-12(16(20)10-11)13-8-9-17-18(13)14-4-2-3-5-15(14)19(21)22/h2-10,20H,1H3. The normalized spacial score (nSPS) is 10.5. The highest BCUT2D eigenvalue weighted by molar-refractivity contribution is 5.71. The molecule has 0 atom stereocenters. The third kappa shape index (κ3) is 2.59. The van der Waals surface area contributed by atoms with Crippen molar-refractivity contribution in [2.45, 2.75) is 0 Å². The van der Waals surface area contributed by atoms with Crippen molar-refractivity contribution in [1.82, 2.24) is 9.78 Å². The summed E-state index contributed by atoms with van der Waals surface area (Å²) in [4.78, 5) is 10.8. The number of benzene rings is 2. The van der Waals surface area contributed by atoms with Crippen LogP contribution in [0.3, 0.4) is 0 Å². The first-order valence-electron chi connectivity index (χ1n) is 6.77. The van der Waals surface area contributed by atoms with E-state index in [4.69, 9.17) is 4.74 Å². The first kappa shape index (κ1) is 14.6. The van der Waals surface area contributed by atoms with Gasteiger partial charge in [0.25, 0.3) is 5.69 Å². The topological polar surface area (TPSA) is 90.4 Å². The van der Waals surface area contributed by atoms with Gasteiger partial charge >= 0.3 is 0 Å². The van der Waals surface area contributed by atoms with Crippen molar-refractivity contribution in [3.05, 3.63) is 64.8 Å². The van der Waals surface area contributed by atoms with Crippen LogP contribution in [0.4, 0.5) is 5.69 Å². The van der Waals surface area contributed by atoms with E-state index in [1.807, 2.05) is 0 Å². The molecular formula is C16H13N3O4. The number of nitro groups is 1. The summed E-state index contributed by atoms with van der Waals surface area (Å²) >= 11 is 0. The molecule has 3 aromatic rings. The molecule has 7 nitrogen and oxygen atoms in total. The minimum absolute atomic E-state index is 0.00434. The van der Waals surface area contributed by atoms with Crippen molar-refractivity contribution in [2.75, 3.05) is 7.11 Å². The number of nitro benzene ring substituents is 1. The molecule has 1 aromatic heterocycles. The van der Waals surface area contributed by atoms with Gasteiger partial charge in [0, 0.05) is 17.7 Å². The van der Waals surface area contributed by atoms with Crippen LogP contribution in [0, 0.1) is 10.1 Å². The summed E-state index contributed by atoms with van der Waals surface area (Å²) in [6, 6.07) is 12.8. The van der Waals surface area contributed by atoms with E-state index in [1.54, 1.807) is 36.4 Å². The second kappa shape index (κ2) is 5.80. The molecule has 116 valence electrons. The molecule has 0 aliphatic heterocycles. The average Bonchev–Trinajstić information content (AvgIpc) is 3.03. The van der Waals surface area contributed by atoms with Crippen LogP contribution in [-0.2, 0) is 0 Å². The zero-order chi connectivity index (χ0) is 16.4. The number of phenols is 1. The molecule has 0 spiro atoms. The van der Waals surface area contributed by atoms with Crippen molar-refractivity contribution in [1.29, 1.82) is 0 Å². The summed E-state index contributed by atoms with van der Waals surface area (Å²) in [5, 5.41) is 25.6. The van der Waals surface area contributed by atoms with Crippen LogP contribution in [-0.4, -0.2) is 26.9 Å². The van der Waals surface area contributed by atoms with Gasteiger partial charge in [0.1, 0.15) is 17.2 Å². The van der Waals surface area contributed by atoms with Gasteiger partial charge in [-0.05, 0) is 24.3 Å². The molecule has 0 aliphatic rings. The number of aromatic hydroxyl groups is 1. The second-order valence-corrected chi connectivity index (χ2v) is 4.76. The Labute approximate surface area is 131 Å². The fourth-order valence-corrected chi connectivity index (χ4v) is 2.35. The number of nitrogens with zero attached hydrogens (tertiary/aromatic N) is 3. The van der Waals surface area contributed by atoms with E-state index in [9.17, 15) is 15.2 Å². The van der Waals surface area contributed by atoms with Gasteiger partial charge < -0.3 is 9.84 Å². The van der Waals surface area contributed by atoms with Crippen LogP contribution >= 0.6 is 0 Å². The van der Waals surface area contributed by atoms with Gasteiger partial charge in [0.2, 0.25) is 0 Å². The van der Waals surface area contributed by atoms with E-state index < -0.39 is 4.92 Å². The van der Waals surface area contributed by atoms with Gasteiger partial charge in [-0.15, -0.1) is 0 Å². The monoisotopic (exact) mass is 311 g/mol. The lowest BCUT2D eigenvalue weighted by Gasteiger charge is -2.10. The number of methoxy groups -OCH3 is 1. The highest BCUT2D eigenvalue weighted by Gasteiger charge is 2.19. The maximum absolute atomic E-state index is 11.2. The molecule has 23 heavy (non-hydrogen) atoms. The Morgan fingerprint density at radius 2 is 2.00 bits per heavy atom. The van der Waals surface area contributed by atoms with E-state index in [-0.39, 0.29) is 11.4 Å². The maximum Gasteiger partial charge on any atom is 0.294 e. The smallest absolute Gasteiger partial charge is 0.294 e. The third-order valence-electron chi connectivity index (χ3n) is 3.43. The van der Waals surface area contributed by atoms with Crippen LogP contribution in [0.2, 0.25) is 0 Å². The van der Waals surface area contributed by atoms with E-state index in [0.29, 0.717) is 22.7 Å². The number of phenolic OH excluding ortho intramolecular Hbond substituents is 1. The van der Waals surface area contributed by atoms with Crippen molar-refractivity contribution < 1.29 is 14.8 Å². The van der Waals surface area contributed by atoms with Crippen molar-refractivity contribution in [3.63, 3.8) is 0 Å². The number of ether oxygens (including phenoxy) is 1. The van der Waals surface area contributed by atoms with Crippen LogP contribution in [0.5, 0.6) is 11.5 Å². The van der Waals surface area contributed by atoms with Gasteiger partial charge in [-0.1, -0.05) is 12.1 Å². The highest BCUT2D eigenvalue weighted by atomic mass is 16.6. The lowest BCUT2D eigenvalue weighted by molar-refractivity contribution is -0.384. The average molecular weight is 311 g/mol. The largest absolute Gasteiger partial charge is 0.507 e. The van der Waals surface area contributed by atoms with Crippen molar-refractivity contribution in [3.8, 4) is 28.4 Å². The lowest BCUT2D eigenvalue weighted by atomic mass is 10.1. The second-order valence-electron chi connectivity index (χ2n) is 4.76. The van der Waals surface area contributed by atoms with Gasteiger partial charge in [0.05, 0.1) is 23.9 Å². The summed E-state index contributed by atoms with van der Waals surface area (Å²) in [5.74, 6) is 0.521. The molecule has 1 heterocycles. The number of rotatable bonds is 4. The lowest BCUT2D eigenvalue weighted by Crippen LogP contribution is -2.03. The van der Waals surface area contributed by atoms with Crippen molar-refractivity contribution >= 4 is 5.69 Å². The highest BCUT2D eigenvalue weighted by Crippen LogP contribution is 2.34. The van der Waals surface area contributed by atoms with Gasteiger partial charge in [-0.2, -0.15) is 5.10 Å². The SMILES string of the molecule is COc1ccc(-c2ccnn2-c2ccccc2[N+](=O)[O-])c(O)c1. The van der Waals surface area contributed by atoms with Crippen LogP contribution in [0.1, 0.15) is 0 Å². The molecule has 0 saturated heterocycles. The predicted octanol–water partition coefficient (Wildman–Crippen LogP) is 3.16. The van der Waals surface area contributed by atoms with Gasteiger partial charge in [-0.25, -0.2) is 4.68 Å². The molecule has 3 rings (SSSR count). The van der Waals surface area contributed by atoms with E-state index >= 15 is 0 Å². The Balaban J connectivity index is 2.16. The Hall–Kier alpha value is -3.35. The summed E-state index contributed by atoms with van der Waals surface area (Å²) in [6.45, 7) is 0. The minimum Gasteiger partial charge on any atom is -0.507 e. The molecule has 7 heteroatoms. The fourth-order valence-electron chi connectivity index (χ4n) is 2.35. The quantitative estimate of drug-likeness (QED) is 0.590. The molecule has 1 N–H and O–H groups in total. The molecule has 0 radical (unpaired) electrons. The molecule has 0 bridgehead atoms. The molecule has 0 fully saturated rings. The molecular weight excluding hydrogens is 298 g/mol. The van der Waals surface area contributed by atoms with Gasteiger partial charge in [-0.3, -0.25) is 10.1 Å². The fraction of sp³-hybridized carbons (Fsp3) is 0.0625. The Morgan fingerprint density at radius 3 is 2.70 bits per heavy atom. The zero-order valence-corrected chi connectivity index (χ0v) is 12.2. The summed E-state index contributed by atoms with van der Waals surface area (Å²) in [5.41, 5.74) is 1.30. The summed E-state index contributed by atoms with van der Waals surface area (Å²) < 4.78 is 6.49. The Kier molecular flexibility index (Phi) is 3.68. The van der Waals surface area contributed by atoms with E-state index in [2.05, 4.69) is 5.10 Å². The summed E-state index contributed by atoms with van der Waals surface area (Å²) in [6.07, 6.45) is 1.52. The number of aromatic nitrogens is 2. The molecule has 0 saturated carbocycles. The molecule has 0 unspecified atom stereocenters. The minimum atomic E-state index is -0.464. The van der Waals surface area contributed by atoms with Crippen molar-refractivity contribution in [2.24, 2.45) is 0 Å². The Morgan fingerprint density at radius 1 is 1.22 bits per heavy atom. The number of hydrogen-bond acceptors (Lipinski definition) is 5. The molecule has 0 amide bonds. The van der Waals surface area contributed by atoms with Crippen LogP contribution in [0.25, 0.3) is 16.9 Å². The van der Waals surface area contributed by atoms with Crippen LogP contribution in [0.15, 0.2) is 54.7 Å². The van der Waals surface area contributed by atoms with E-state index in [0.717, 1.165) is 0 Å². The maximum atomic E-state index is 11.2. The third-order valence-corrected chi connectivity index (χ3v) is 3.43. The first-order valence-corrected chi connectivity index (χ1v) is 6.77. The molecule has 0 aliphatic carbocycles. The van der Waals surface area contributed by atoms with Crippen LogP contribution < -0.4 is 4.74 Å². The number of para-hydroxylation sites is 2. The van der Waals surface area contributed by atoms with E-state index in [1.165, 1.54) is 30.1 Å². The predicted molar refractivity (Wildman–Crippen MR) is 83.9 cm³/mol. The Bertz CT molecular complexity index is 873.